The Labute approximate surface area is 461 Å². The molecule has 0 bridgehead atoms. The Morgan fingerprint density at radius 1 is 0.474 bits per heavy atom. The molecule has 2 saturated heterocycles. The lowest BCUT2D eigenvalue weighted by molar-refractivity contribution is -0.359. The Morgan fingerprint density at radius 2 is 0.868 bits per heavy atom. The zero-order valence-electron chi connectivity index (χ0n) is 48.0. The van der Waals surface area contributed by atoms with Gasteiger partial charge >= 0.3 is 0 Å². The molecule has 2 aliphatic rings. The topological polar surface area (TPSA) is 228 Å². The quantitative estimate of drug-likeness (QED) is 0.0204. The number of allylic oxidation sites excluding steroid dienone is 5. The third-order valence-corrected chi connectivity index (χ3v) is 15.3. The summed E-state index contributed by atoms with van der Waals surface area (Å²) in [6.45, 7) is 2.80. The fraction of sp³-hybridized carbons (Fsp3) is 0.887. The molecular weight excluding hydrogens is 967 g/mol. The van der Waals surface area contributed by atoms with E-state index >= 15 is 0 Å². The highest BCUT2D eigenvalue weighted by Gasteiger charge is 2.51. The van der Waals surface area contributed by atoms with E-state index in [4.69, 9.17) is 18.9 Å². The van der Waals surface area contributed by atoms with Crippen LogP contribution < -0.4 is 5.32 Å². The summed E-state index contributed by atoms with van der Waals surface area (Å²) in [4.78, 5) is 13.3. The molecule has 0 saturated carbocycles. The van der Waals surface area contributed by atoms with Gasteiger partial charge in [0.1, 0.15) is 48.8 Å². The maximum absolute atomic E-state index is 13.3. The Bertz CT molecular complexity index is 1410. The minimum absolute atomic E-state index is 0.242. The van der Waals surface area contributed by atoms with Gasteiger partial charge in [0.25, 0.3) is 0 Å². The van der Waals surface area contributed by atoms with Gasteiger partial charge in [-0.05, 0) is 51.4 Å². The molecule has 76 heavy (non-hydrogen) atoms. The lowest BCUT2D eigenvalue weighted by Crippen LogP contribution is -2.65. The van der Waals surface area contributed by atoms with Crippen molar-refractivity contribution in [3.63, 3.8) is 0 Å². The number of nitrogens with one attached hydrogen (secondary N) is 1. The second-order valence-electron chi connectivity index (χ2n) is 22.2. The lowest BCUT2D eigenvalue weighted by atomic mass is 9.97. The molecule has 0 aromatic rings. The molecule has 2 aliphatic heterocycles. The van der Waals surface area contributed by atoms with Crippen LogP contribution in [-0.4, -0.2) is 140 Å². The number of aliphatic hydroxyl groups is 8. The fourth-order valence-electron chi connectivity index (χ4n) is 10.3. The summed E-state index contributed by atoms with van der Waals surface area (Å²) in [6, 6.07) is -0.917. The van der Waals surface area contributed by atoms with Gasteiger partial charge < -0.3 is 65.1 Å². The molecule has 0 aromatic heterocycles. The third-order valence-electron chi connectivity index (χ3n) is 15.3. The molecule has 0 aromatic carbocycles. The van der Waals surface area contributed by atoms with Crippen LogP contribution in [0.15, 0.2) is 36.5 Å². The summed E-state index contributed by atoms with van der Waals surface area (Å²) in [7, 11) is 0. The van der Waals surface area contributed by atoms with Gasteiger partial charge in [-0.1, -0.05) is 237 Å². The first-order valence-corrected chi connectivity index (χ1v) is 31.2. The molecule has 12 unspecified atom stereocenters. The van der Waals surface area contributed by atoms with Crippen LogP contribution in [0, 0.1) is 0 Å². The molecule has 14 nitrogen and oxygen atoms in total. The summed E-state index contributed by atoms with van der Waals surface area (Å²) >= 11 is 0. The number of hydrogen-bond acceptors (Lipinski definition) is 13. The first-order valence-electron chi connectivity index (χ1n) is 31.2. The van der Waals surface area contributed by atoms with E-state index in [-0.39, 0.29) is 18.9 Å². The second-order valence-corrected chi connectivity index (χ2v) is 22.2. The van der Waals surface area contributed by atoms with E-state index in [9.17, 15) is 45.6 Å². The van der Waals surface area contributed by atoms with E-state index < -0.39 is 86.8 Å². The number of aliphatic hydroxyl groups excluding tert-OH is 8. The van der Waals surface area contributed by atoms with Gasteiger partial charge in [-0.3, -0.25) is 4.79 Å². The van der Waals surface area contributed by atoms with Crippen molar-refractivity contribution >= 4 is 5.91 Å². The Morgan fingerprint density at radius 3 is 1.34 bits per heavy atom. The van der Waals surface area contributed by atoms with E-state index in [0.717, 1.165) is 51.4 Å². The van der Waals surface area contributed by atoms with Crippen LogP contribution in [0.1, 0.15) is 258 Å². The predicted molar refractivity (Wildman–Crippen MR) is 305 cm³/mol. The molecule has 2 heterocycles. The standard InChI is InChI=1S/C62H115NO13/c1-3-5-7-9-11-13-15-17-19-21-23-24-25-26-28-29-31-33-35-37-39-41-43-45-51(66)50(63-54(67)46-44-42-40-38-36-34-32-30-27-22-20-18-16-14-12-10-8-6-4-2)49-73-61-59(72)57(70)60(53(48-65)75-61)76-62-58(71)56(69)55(68)52(47-64)74-62/h12,14,18,20,43,45,50-53,55-62,64-66,68-72H,3-11,13,15-17,19,21-42,44,46-49H2,1-2H3,(H,63,67)/b14-12-,20-18-,45-43+. The molecule has 12 atom stereocenters. The molecule has 2 rings (SSSR count). The smallest absolute Gasteiger partial charge is 0.220 e. The third kappa shape index (κ3) is 33.1. The van der Waals surface area contributed by atoms with Crippen LogP contribution in [0.4, 0.5) is 0 Å². The zero-order chi connectivity index (χ0) is 55.3. The number of carbonyl (C=O) groups excluding carboxylic acids is 1. The fourth-order valence-corrected chi connectivity index (χ4v) is 10.3. The molecule has 0 aliphatic carbocycles. The number of carbonyl (C=O) groups is 1. The van der Waals surface area contributed by atoms with Crippen molar-refractivity contribution in [1.29, 1.82) is 0 Å². The van der Waals surface area contributed by atoms with Crippen LogP contribution in [-0.2, 0) is 23.7 Å². The summed E-state index contributed by atoms with van der Waals surface area (Å²) in [5.74, 6) is -0.242. The van der Waals surface area contributed by atoms with E-state index in [1.807, 2.05) is 6.08 Å². The lowest BCUT2D eigenvalue weighted by Gasteiger charge is -2.46. The average Bonchev–Trinajstić information content (AvgIpc) is 3.42. The number of hydrogen-bond donors (Lipinski definition) is 9. The van der Waals surface area contributed by atoms with Crippen molar-refractivity contribution in [3.05, 3.63) is 36.5 Å². The minimum Gasteiger partial charge on any atom is -0.394 e. The summed E-state index contributed by atoms with van der Waals surface area (Å²) < 4.78 is 22.8. The van der Waals surface area contributed by atoms with Gasteiger partial charge in [0, 0.05) is 6.42 Å². The molecule has 446 valence electrons. The van der Waals surface area contributed by atoms with Gasteiger partial charge in [-0.15, -0.1) is 0 Å². The van der Waals surface area contributed by atoms with Crippen molar-refractivity contribution in [3.8, 4) is 0 Å². The molecular formula is C62H115NO13. The van der Waals surface area contributed by atoms with Crippen molar-refractivity contribution in [2.24, 2.45) is 0 Å². The highest BCUT2D eigenvalue weighted by atomic mass is 16.7. The maximum Gasteiger partial charge on any atom is 0.220 e. The normalized spacial score (nSPS) is 25.1. The average molecular weight is 1080 g/mol. The summed E-state index contributed by atoms with van der Waals surface area (Å²) in [5, 5.41) is 87.2. The van der Waals surface area contributed by atoms with Crippen LogP contribution in [0.2, 0.25) is 0 Å². The van der Waals surface area contributed by atoms with E-state index in [2.05, 4.69) is 43.5 Å². The molecule has 2 fully saturated rings. The molecule has 0 spiro atoms. The number of unbranched alkanes of at least 4 members (excludes halogenated alkanes) is 33. The van der Waals surface area contributed by atoms with Crippen LogP contribution in [0.5, 0.6) is 0 Å². The van der Waals surface area contributed by atoms with Crippen LogP contribution >= 0.6 is 0 Å². The van der Waals surface area contributed by atoms with Gasteiger partial charge in [0.15, 0.2) is 12.6 Å². The Balaban J connectivity index is 1.75. The van der Waals surface area contributed by atoms with E-state index in [1.54, 1.807) is 6.08 Å². The van der Waals surface area contributed by atoms with Crippen molar-refractivity contribution in [1.82, 2.24) is 5.32 Å². The van der Waals surface area contributed by atoms with Gasteiger partial charge in [-0.2, -0.15) is 0 Å². The maximum atomic E-state index is 13.3. The van der Waals surface area contributed by atoms with Gasteiger partial charge in [-0.25, -0.2) is 0 Å². The molecule has 14 heteroatoms. The van der Waals surface area contributed by atoms with Crippen molar-refractivity contribution in [2.75, 3.05) is 19.8 Å². The largest absolute Gasteiger partial charge is 0.394 e. The van der Waals surface area contributed by atoms with E-state index in [1.165, 1.54) is 180 Å². The summed E-state index contributed by atoms with van der Waals surface area (Å²) in [6.07, 6.45) is 41.8. The van der Waals surface area contributed by atoms with Gasteiger partial charge in [0.2, 0.25) is 5.91 Å². The number of ether oxygens (including phenoxy) is 4. The Kier molecular flexibility index (Phi) is 44.4. The molecule has 0 radical (unpaired) electrons. The minimum atomic E-state index is -1.79. The summed E-state index contributed by atoms with van der Waals surface area (Å²) in [5.41, 5.74) is 0. The first kappa shape index (κ1) is 70.3. The number of amides is 1. The second kappa shape index (κ2) is 48.0. The van der Waals surface area contributed by atoms with Crippen LogP contribution in [0.3, 0.4) is 0 Å². The van der Waals surface area contributed by atoms with E-state index in [0.29, 0.717) is 6.42 Å². The van der Waals surface area contributed by atoms with Crippen molar-refractivity contribution < 1.29 is 64.6 Å². The van der Waals surface area contributed by atoms with Crippen molar-refractivity contribution in [2.45, 2.75) is 331 Å². The molecule has 1 amide bonds. The number of rotatable bonds is 50. The van der Waals surface area contributed by atoms with Gasteiger partial charge in [0.05, 0.1) is 32.0 Å². The van der Waals surface area contributed by atoms with Crippen LogP contribution in [0.25, 0.3) is 0 Å². The SMILES string of the molecule is CCCCC/C=C\C/C=C\CCCCCCCCCCCC(=O)NC(COC1OC(CO)C(OC2OC(CO)C(O)C(O)C2O)C(O)C1O)C(O)/C=C/CCCCCCCCCCCCCCCCCCCCCCC. The monoisotopic (exact) mass is 1080 g/mol. The zero-order valence-corrected chi connectivity index (χ0v) is 48.0. The highest BCUT2D eigenvalue weighted by molar-refractivity contribution is 5.76. The molecule has 9 N–H and O–H groups in total. The highest BCUT2D eigenvalue weighted by Crippen LogP contribution is 2.30. The first-order chi connectivity index (χ1) is 37.1. The Hall–Kier alpha value is -1.79. The predicted octanol–water partition coefficient (Wildman–Crippen LogP) is 11.0.